The van der Waals surface area contributed by atoms with Crippen LogP contribution in [0.2, 0.25) is 0 Å². The van der Waals surface area contributed by atoms with Gasteiger partial charge in [0, 0.05) is 7.05 Å². The van der Waals surface area contributed by atoms with Crippen molar-refractivity contribution in [2.75, 3.05) is 20.7 Å². The molecular weight excluding hydrogens is 318 g/mol. The molecule has 0 aliphatic carbocycles. The quantitative estimate of drug-likeness (QED) is 0.752. The van der Waals surface area contributed by atoms with Gasteiger partial charge in [0.25, 0.3) is 0 Å². The van der Waals surface area contributed by atoms with Gasteiger partial charge in [-0.2, -0.15) is 0 Å². The first-order valence-corrected chi connectivity index (χ1v) is 7.99. The van der Waals surface area contributed by atoms with Gasteiger partial charge in [0.1, 0.15) is 5.75 Å². The number of methoxy groups -OCH3 is 1. The summed E-state index contributed by atoms with van der Waals surface area (Å²) in [6.07, 6.45) is 0. The maximum Gasteiger partial charge on any atom is 0.321 e. The Kier molecular flexibility index (Phi) is 6.54. The van der Waals surface area contributed by atoms with Crippen LogP contribution in [0.5, 0.6) is 5.75 Å². The molecule has 0 unspecified atom stereocenters. The minimum atomic E-state index is -0.525. The van der Waals surface area contributed by atoms with E-state index in [9.17, 15) is 9.59 Å². The van der Waals surface area contributed by atoms with Crippen molar-refractivity contribution in [3.8, 4) is 5.75 Å². The molecular formula is C19H23N3O3. The van der Waals surface area contributed by atoms with Crippen LogP contribution in [0.15, 0.2) is 48.5 Å². The standard InChI is InChI=1S/C19H23N3O3/c1-13-4-6-14(7-5-13)18(15-8-10-16(25-3)11-9-15)21-12-17(23)22-19(24)20-2/h4-11,18,21H,12H2,1-3H3,(H2,20,22,23,24)/t18-/m1/s1. The van der Waals surface area contributed by atoms with Crippen LogP contribution < -0.4 is 20.7 Å². The summed E-state index contributed by atoms with van der Waals surface area (Å²) in [5.41, 5.74) is 3.19. The smallest absolute Gasteiger partial charge is 0.321 e. The molecule has 0 spiro atoms. The van der Waals surface area contributed by atoms with Crippen LogP contribution in [-0.4, -0.2) is 32.6 Å². The highest BCUT2D eigenvalue weighted by Gasteiger charge is 2.16. The van der Waals surface area contributed by atoms with Gasteiger partial charge in [0.2, 0.25) is 5.91 Å². The summed E-state index contributed by atoms with van der Waals surface area (Å²) in [7, 11) is 3.08. The molecule has 0 saturated heterocycles. The van der Waals surface area contributed by atoms with Gasteiger partial charge in [-0.1, -0.05) is 42.0 Å². The van der Waals surface area contributed by atoms with Gasteiger partial charge in [-0.25, -0.2) is 4.79 Å². The molecule has 0 fully saturated rings. The van der Waals surface area contributed by atoms with Crippen LogP contribution in [0.4, 0.5) is 4.79 Å². The Balaban J connectivity index is 2.18. The molecule has 25 heavy (non-hydrogen) atoms. The second-order valence-electron chi connectivity index (χ2n) is 5.63. The SMILES string of the molecule is CNC(=O)NC(=O)CN[C@H](c1ccc(C)cc1)c1ccc(OC)cc1. The zero-order valence-electron chi connectivity index (χ0n) is 14.6. The van der Waals surface area contributed by atoms with E-state index < -0.39 is 11.9 Å². The van der Waals surface area contributed by atoms with E-state index in [1.54, 1.807) is 7.11 Å². The predicted molar refractivity (Wildman–Crippen MR) is 96.6 cm³/mol. The first-order chi connectivity index (χ1) is 12.0. The summed E-state index contributed by atoms with van der Waals surface area (Å²) in [6.45, 7) is 2.04. The van der Waals surface area contributed by atoms with Gasteiger partial charge in [-0.05, 0) is 30.2 Å². The summed E-state index contributed by atoms with van der Waals surface area (Å²) in [4.78, 5) is 23.1. The number of urea groups is 1. The summed E-state index contributed by atoms with van der Waals surface area (Å²) in [6, 6.07) is 15.1. The normalized spacial score (nSPS) is 11.5. The van der Waals surface area contributed by atoms with Crippen molar-refractivity contribution >= 4 is 11.9 Å². The highest BCUT2D eigenvalue weighted by Crippen LogP contribution is 2.24. The van der Waals surface area contributed by atoms with Gasteiger partial charge in [0.15, 0.2) is 0 Å². The summed E-state index contributed by atoms with van der Waals surface area (Å²) >= 11 is 0. The number of imide groups is 1. The topological polar surface area (TPSA) is 79.5 Å². The molecule has 132 valence electrons. The molecule has 0 radical (unpaired) electrons. The second-order valence-corrected chi connectivity index (χ2v) is 5.63. The van der Waals surface area contributed by atoms with E-state index in [-0.39, 0.29) is 12.6 Å². The molecule has 2 rings (SSSR count). The summed E-state index contributed by atoms with van der Waals surface area (Å²) in [5, 5.41) is 7.80. The Morgan fingerprint density at radius 3 is 2.08 bits per heavy atom. The molecule has 0 saturated carbocycles. The average molecular weight is 341 g/mol. The van der Waals surface area contributed by atoms with Crippen molar-refractivity contribution in [3.63, 3.8) is 0 Å². The van der Waals surface area contributed by atoms with E-state index in [1.165, 1.54) is 7.05 Å². The fourth-order valence-electron chi connectivity index (χ4n) is 2.41. The zero-order valence-corrected chi connectivity index (χ0v) is 14.6. The molecule has 3 amide bonds. The molecule has 6 nitrogen and oxygen atoms in total. The highest BCUT2D eigenvalue weighted by molar-refractivity contribution is 5.95. The van der Waals surface area contributed by atoms with E-state index in [0.717, 1.165) is 22.4 Å². The molecule has 0 heterocycles. The molecule has 0 bridgehead atoms. The Hall–Kier alpha value is -2.86. The largest absolute Gasteiger partial charge is 0.497 e. The summed E-state index contributed by atoms with van der Waals surface area (Å²) < 4.78 is 5.20. The molecule has 1 atom stereocenters. The lowest BCUT2D eigenvalue weighted by atomic mass is 9.97. The van der Waals surface area contributed by atoms with E-state index in [4.69, 9.17) is 4.74 Å². The average Bonchev–Trinajstić information content (AvgIpc) is 2.63. The molecule has 2 aromatic carbocycles. The Bertz CT molecular complexity index is 712. The molecule has 6 heteroatoms. The molecule has 0 aromatic heterocycles. The number of nitrogens with one attached hydrogen (secondary N) is 3. The van der Waals surface area contributed by atoms with Crippen LogP contribution in [0.3, 0.4) is 0 Å². The van der Waals surface area contributed by atoms with E-state index in [0.29, 0.717) is 0 Å². The lowest BCUT2D eigenvalue weighted by molar-refractivity contribution is -0.119. The lowest BCUT2D eigenvalue weighted by Crippen LogP contribution is -2.42. The third-order valence-electron chi connectivity index (χ3n) is 3.81. The predicted octanol–water partition coefficient (Wildman–Crippen LogP) is 2.14. The Morgan fingerprint density at radius 1 is 1.00 bits per heavy atom. The molecule has 0 aliphatic rings. The fraction of sp³-hybridized carbons (Fsp3) is 0.263. The number of rotatable bonds is 6. The van der Waals surface area contributed by atoms with Crippen LogP contribution >= 0.6 is 0 Å². The maximum absolute atomic E-state index is 11.9. The lowest BCUT2D eigenvalue weighted by Gasteiger charge is -2.20. The van der Waals surface area contributed by atoms with E-state index in [2.05, 4.69) is 16.0 Å². The van der Waals surface area contributed by atoms with E-state index in [1.807, 2.05) is 55.5 Å². The van der Waals surface area contributed by atoms with Crippen LogP contribution in [0.25, 0.3) is 0 Å². The molecule has 0 aliphatic heterocycles. The number of carbonyl (C=O) groups excluding carboxylic acids is 2. The molecule has 3 N–H and O–H groups in total. The Morgan fingerprint density at radius 2 is 1.56 bits per heavy atom. The van der Waals surface area contributed by atoms with Gasteiger partial charge >= 0.3 is 6.03 Å². The number of hydrogen-bond acceptors (Lipinski definition) is 4. The number of ether oxygens (including phenoxy) is 1. The minimum Gasteiger partial charge on any atom is -0.497 e. The third kappa shape index (κ3) is 5.32. The van der Waals surface area contributed by atoms with Crippen molar-refractivity contribution in [3.05, 3.63) is 65.2 Å². The van der Waals surface area contributed by atoms with Crippen molar-refractivity contribution in [2.24, 2.45) is 0 Å². The van der Waals surface area contributed by atoms with Crippen LogP contribution in [0.1, 0.15) is 22.7 Å². The number of benzene rings is 2. The molecule has 2 aromatic rings. The fourth-order valence-corrected chi connectivity index (χ4v) is 2.41. The van der Waals surface area contributed by atoms with Gasteiger partial charge in [-0.15, -0.1) is 0 Å². The monoisotopic (exact) mass is 341 g/mol. The third-order valence-corrected chi connectivity index (χ3v) is 3.81. The maximum atomic E-state index is 11.9. The second kappa shape index (κ2) is 8.84. The minimum absolute atomic E-state index is 0.0119. The highest BCUT2D eigenvalue weighted by atomic mass is 16.5. The first kappa shape index (κ1) is 18.5. The van der Waals surface area contributed by atoms with Crippen LogP contribution in [-0.2, 0) is 4.79 Å². The van der Waals surface area contributed by atoms with Crippen molar-refractivity contribution in [1.29, 1.82) is 0 Å². The first-order valence-electron chi connectivity index (χ1n) is 7.99. The van der Waals surface area contributed by atoms with Crippen molar-refractivity contribution < 1.29 is 14.3 Å². The summed E-state index contributed by atoms with van der Waals surface area (Å²) in [5.74, 6) is 0.369. The number of hydrogen-bond donors (Lipinski definition) is 3. The van der Waals surface area contributed by atoms with Crippen molar-refractivity contribution in [2.45, 2.75) is 13.0 Å². The Labute approximate surface area is 147 Å². The zero-order chi connectivity index (χ0) is 18.2. The van der Waals surface area contributed by atoms with Gasteiger partial charge in [-0.3, -0.25) is 15.4 Å². The van der Waals surface area contributed by atoms with Gasteiger partial charge < -0.3 is 10.1 Å². The number of aryl methyl sites for hydroxylation is 1. The number of carbonyl (C=O) groups is 2. The number of amides is 3. The van der Waals surface area contributed by atoms with Crippen molar-refractivity contribution in [1.82, 2.24) is 16.0 Å². The van der Waals surface area contributed by atoms with Crippen LogP contribution in [0, 0.1) is 6.92 Å². The van der Waals surface area contributed by atoms with Gasteiger partial charge in [0.05, 0.1) is 19.7 Å². The van der Waals surface area contributed by atoms with E-state index >= 15 is 0 Å².